The third-order valence-electron chi connectivity index (χ3n) is 5.00. The largest absolute Gasteiger partial charge is 0.480 e. The van der Waals surface area contributed by atoms with Crippen LogP contribution in [0.2, 0.25) is 0 Å². The van der Waals surface area contributed by atoms with Gasteiger partial charge in [-0.3, -0.25) is 14.5 Å². The number of nitrogens with zero attached hydrogens (tertiary/aromatic N) is 3. The van der Waals surface area contributed by atoms with Crippen LogP contribution in [0.25, 0.3) is 10.8 Å². The Morgan fingerprint density at radius 1 is 1.41 bits per heavy atom. The summed E-state index contributed by atoms with van der Waals surface area (Å²) in [6, 6.07) is 4.09. The Balaban J connectivity index is 1.59. The molecule has 0 bridgehead atoms. The molecule has 146 valence electrons. The van der Waals surface area contributed by atoms with Crippen molar-refractivity contribution in [3.8, 4) is 10.8 Å². The van der Waals surface area contributed by atoms with Gasteiger partial charge >= 0.3 is 5.97 Å². The average molecular weight is 391 g/mol. The second-order valence-electron chi connectivity index (χ2n) is 6.95. The van der Waals surface area contributed by atoms with Crippen molar-refractivity contribution in [1.29, 1.82) is 0 Å². The molecule has 3 heterocycles. The number of carbonyl (C=O) groups excluding carboxylic acids is 1. The summed E-state index contributed by atoms with van der Waals surface area (Å²) in [4.78, 5) is 32.9. The number of rotatable bonds is 6. The number of hydrogen-bond donors (Lipinski definition) is 1. The molecule has 1 atom stereocenters. The van der Waals surface area contributed by atoms with E-state index in [1.807, 2.05) is 41.3 Å². The number of carboxylic acid groups (broad SMARTS) is 1. The average Bonchev–Trinajstić information content (AvgIpc) is 3.18. The highest BCUT2D eigenvalue weighted by Gasteiger charge is 2.25. The Morgan fingerprint density at radius 2 is 2.22 bits per heavy atom. The third kappa shape index (κ3) is 4.95. The molecule has 0 spiro atoms. The van der Waals surface area contributed by atoms with E-state index in [0.29, 0.717) is 30.4 Å². The van der Waals surface area contributed by atoms with Crippen molar-refractivity contribution in [2.45, 2.75) is 38.6 Å². The van der Waals surface area contributed by atoms with E-state index in [2.05, 4.69) is 4.98 Å². The number of carboxylic acids is 1. The van der Waals surface area contributed by atoms with Crippen LogP contribution in [0, 0.1) is 6.92 Å². The van der Waals surface area contributed by atoms with E-state index in [1.165, 1.54) is 0 Å². The van der Waals surface area contributed by atoms with Crippen LogP contribution in [0.4, 0.5) is 0 Å². The molecule has 27 heavy (non-hydrogen) atoms. The van der Waals surface area contributed by atoms with E-state index in [4.69, 9.17) is 9.52 Å². The first kappa shape index (κ1) is 19.6. The summed E-state index contributed by atoms with van der Waals surface area (Å²) in [5, 5.41) is 10.9. The fourth-order valence-corrected chi connectivity index (χ4v) is 4.11. The zero-order chi connectivity index (χ0) is 19.4. The highest BCUT2D eigenvalue weighted by atomic mass is 32.1. The molecule has 2 aromatic rings. The summed E-state index contributed by atoms with van der Waals surface area (Å²) < 4.78 is 5.72. The van der Waals surface area contributed by atoms with Crippen molar-refractivity contribution in [3.05, 3.63) is 29.0 Å². The van der Waals surface area contributed by atoms with Gasteiger partial charge in [-0.25, -0.2) is 4.98 Å². The number of aromatic nitrogens is 1. The molecule has 1 saturated heterocycles. The summed E-state index contributed by atoms with van der Waals surface area (Å²) in [6.07, 6.45) is 2.79. The number of aryl methyl sites for hydroxylation is 1. The van der Waals surface area contributed by atoms with E-state index in [-0.39, 0.29) is 24.9 Å². The van der Waals surface area contributed by atoms with Crippen molar-refractivity contribution in [2.24, 2.45) is 0 Å². The molecular formula is C19H25N3O4S. The van der Waals surface area contributed by atoms with E-state index in [9.17, 15) is 9.59 Å². The van der Waals surface area contributed by atoms with Crippen molar-refractivity contribution in [3.63, 3.8) is 0 Å². The van der Waals surface area contributed by atoms with Crippen LogP contribution in [-0.2, 0) is 16.0 Å². The van der Waals surface area contributed by atoms with E-state index in [1.54, 1.807) is 11.3 Å². The molecule has 1 amide bonds. The Labute approximate surface area is 162 Å². The molecule has 3 rings (SSSR count). The second-order valence-corrected chi connectivity index (χ2v) is 7.90. The molecule has 1 aliphatic rings. The minimum absolute atomic E-state index is 0.0300. The predicted molar refractivity (Wildman–Crippen MR) is 103 cm³/mol. The van der Waals surface area contributed by atoms with Gasteiger partial charge in [0.1, 0.15) is 5.76 Å². The molecule has 2 aromatic heterocycles. The second kappa shape index (κ2) is 8.67. The van der Waals surface area contributed by atoms with Gasteiger partial charge in [0.25, 0.3) is 0 Å². The summed E-state index contributed by atoms with van der Waals surface area (Å²) in [5.74, 6) is 0.473. The first-order valence-electron chi connectivity index (χ1n) is 9.14. The lowest BCUT2D eigenvalue weighted by molar-refractivity contribution is -0.138. The fraction of sp³-hybridized carbons (Fsp3) is 0.526. The Hall–Kier alpha value is -2.19. The molecule has 0 aromatic carbocycles. The quantitative estimate of drug-likeness (QED) is 0.815. The van der Waals surface area contributed by atoms with Crippen LogP contribution in [0.15, 0.2) is 21.9 Å². The van der Waals surface area contributed by atoms with E-state index >= 15 is 0 Å². The zero-order valence-electron chi connectivity index (χ0n) is 15.7. The number of aliphatic carboxylic acids is 1. The molecule has 1 N–H and O–H groups in total. The zero-order valence-corrected chi connectivity index (χ0v) is 16.5. The predicted octanol–water partition coefficient (Wildman–Crippen LogP) is 2.65. The standard InChI is InChI=1S/C19H25N3O4S/c1-13-15(20-19(26-13)16-6-4-10-27-16)11-17(23)22-8-3-5-14(7-9-22)21(2)12-18(24)25/h4,6,10,14H,3,5,7-9,11-12H2,1-2H3,(H,24,25). The van der Waals surface area contributed by atoms with Crippen LogP contribution >= 0.6 is 11.3 Å². The molecule has 0 aliphatic carbocycles. The molecule has 7 nitrogen and oxygen atoms in total. The van der Waals surface area contributed by atoms with E-state index < -0.39 is 5.97 Å². The maximum atomic E-state index is 12.8. The topological polar surface area (TPSA) is 86.9 Å². The molecule has 1 unspecified atom stereocenters. The number of hydrogen-bond acceptors (Lipinski definition) is 6. The molecule has 0 radical (unpaired) electrons. The summed E-state index contributed by atoms with van der Waals surface area (Å²) in [6.45, 7) is 3.21. The number of thiophene rings is 1. The first-order chi connectivity index (χ1) is 12.9. The lowest BCUT2D eigenvalue weighted by atomic mass is 10.1. The SMILES string of the molecule is Cc1oc(-c2cccs2)nc1CC(=O)N1CCCC(N(C)CC(=O)O)CC1. The van der Waals surface area contributed by atoms with Gasteiger partial charge < -0.3 is 14.4 Å². The van der Waals surface area contributed by atoms with Gasteiger partial charge in [0.15, 0.2) is 0 Å². The smallest absolute Gasteiger partial charge is 0.317 e. The first-order valence-corrected chi connectivity index (χ1v) is 10.0. The monoisotopic (exact) mass is 391 g/mol. The molecule has 0 saturated carbocycles. The van der Waals surface area contributed by atoms with Crippen molar-refractivity contribution < 1.29 is 19.1 Å². The summed E-state index contributed by atoms with van der Waals surface area (Å²) >= 11 is 1.56. The maximum Gasteiger partial charge on any atom is 0.317 e. The molecule has 1 aliphatic heterocycles. The van der Waals surface area contributed by atoms with Gasteiger partial charge in [-0.15, -0.1) is 11.3 Å². The van der Waals surface area contributed by atoms with Crippen LogP contribution in [0.3, 0.4) is 0 Å². The van der Waals surface area contributed by atoms with Crippen LogP contribution in [0.1, 0.15) is 30.7 Å². The number of amides is 1. The fourth-order valence-electron chi connectivity index (χ4n) is 3.46. The Kier molecular flexibility index (Phi) is 6.28. The van der Waals surface area contributed by atoms with Crippen LogP contribution in [-0.4, -0.2) is 64.5 Å². The van der Waals surface area contributed by atoms with Crippen LogP contribution < -0.4 is 0 Å². The van der Waals surface area contributed by atoms with Crippen LogP contribution in [0.5, 0.6) is 0 Å². The summed E-state index contributed by atoms with van der Waals surface area (Å²) in [5.41, 5.74) is 0.687. The lowest BCUT2D eigenvalue weighted by Gasteiger charge is -2.25. The molecule has 8 heteroatoms. The van der Waals surface area contributed by atoms with Crippen molar-refractivity contribution in [2.75, 3.05) is 26.7 Å². The third-order valence-corrected chi connectivity index (χ3v) is 5.86. The molecule has 1 fully saturated rings. The van der Waals surface area contributed by atoms with Gasteiger partial charge in [0.2, 0.25) is 11.8 Å². The molecular weight excluding hydrogens is 366 g/mol. The van der Waals surface area contributed by atoms with Gasteiger partial charge in [0, 0.05) is 19.1 Å². The van der Waals surface area contributed by atoms with E-state index in [0.717, 1.165) is 24.1 Å². The minimum atomic E-state index is -0.822. The van der Waals surface area contributed by atoms with Gasteiger partial charge in [0.05, 0.1) is 23.5 Å². The van der Waals surface area contributed by atoms with Gasteiger partial charge in [-0.05, 0) is 44.7 Å². The van der Waals surface area contributed by atoms with Crippen molar-refractivity contribution in [1.82, 2.24) is 14.8 Å². The normalized spacial score (nSPS) is 17.9. The number of oxazole rings is 1. The number of carbonyl (C=O) groups is 2. The minimum Gasteiger partial charge on any atom is -0.480 e. The Morgan fingerprint density at radius 3 is 2.93 bits per heavy atom. The van der Waals surface area contributed by atoms with Gasteiger partial charge in [-0.1, -0.05) is 6.07 Å². The highest BCUT2D eigenvalue weighted by molar-refractivity contribution is 7.13. The lowest BCUT2D eigenvalue weighted by Crippen LogP contribution is -2.37. The maximum absolute atomic E-state index is 12.8. The van der Waals surface area contributed by atoms with Gasteiger partial charge in [-0.2, -0.15) is 0 Å². The Bertz CT molecular complexity index is 787. The number of likely N-dealkylation sites (tertiary alicyclic amines) is 1. The number of likely N-dealkylation sites (N-methyl/N-ethyl adjacent to an activating group) is 1. The van der Waals surface area contributed by atoms with Crippen molar-refractivity contribution >= 4 is 23.2 Å². The summed E-state index contributed by atoms with van der Waals surface area (Å²) in [7, 11) is 1.83. The highest BCUT2D eigenvalue weighted by Crippen LogP contribution is 2.26.